The van der Waals surface area contributed by atoms with Gasteiger partial charge in [0.2, 0.25) is 0 Å². The van der Waals surface area contributed by atoms with Crippen molar-refractivity contribution in [3.05, 3.63) is 36.4 Å². The Bertz CT molecular complexity index is 331. The Balaban J connectivity index is 2.36. The summed E-state index contributed by atoms with van der Waals surface area (Å²) in [5.41, 5.74) is 2.43. The molecule has 0 radical (unpaired) electrons. The number of imidazole rings is 1. The first-order valence-electron chi connectivity index (χ1n) is 4.24. The molecule has 0 aliphatic heterocycles. The monoisotopic (exact) mass is 160 g/mol. The van der Waals surface area contributed by atoms with E-state index in [-0.39, 0.29) is 0 Å². The van der Waals surface area contributed by atoms with Crippen molar-refractivity contribution in [1.82, 2.24) is 9.55 Å². The quantitative estimate of drug-likeness (QED) is 0.616. The maximum atomic E-state index is 4.09. The molecule has 0 aromatic carbocycles. The van der Waals surface area contributed by atoms with Crippen LogP contribution in [-0.2, 0) is 0 Å². The molecule has 2 rings (SSSR count). The predicted octanol–water partition coefficient (Wildman–Crippen LogP) is 2.38. The minimum Gasteiger partial charge on any atom is -0.304 e. The molecular weight excluding hydrogens is 148 g/mol. The van der Waals surface area contributed by atoms with E-state index in [2.05, 4.69) is 34.7 Å². The lowest BCUT2D eigenvalue weighted by atomic mass is 10.1. The summed E-state index contributed by atoms with van der Waals surface area (Å²) in [5, 5.41) is 0. The molecule has 0 unspecified atom stereocenters. The van der Waals surface area contributed by atoms with Crippen LogP contribution in [0.3, 0.4) is 0 Å². The fourth-order valence-electron chi connectivity index (χ4n) is 1.41. The van der Waals surface area contributed by atoms with E-state index in [1.54, 1.807) is 0 Å². The third-order valence-corrected chi connectivity index (χ3v) is 2.08. The molecule has 0 atom stereocenters. The summed E-state index contributed by atoms with van der Waals surface area (Å²) in [6.45, 7) is 2.07. The average Bonchev–Trinajstić information content (AvgIpc) is 2.53. The highest BCUT2D eigenvalue weighted by Gasteiger charge is 2.01. The molecule has 1 aliphatic carbocycles. The van der Waals surface area contributed by atoms with Gasteiger partial charge in [0, 0.05) is 17.6 Å². The van der Waals surface area contributed by atoms with Crippen LogP contribution in [0.15, 0.2) is 30.8 Å². The first-order valence-corrected chi connectivity index (χ1v) is 4.24. The Labute approximate surface area is 72.2 Å². The van der Waals surface area contributed by atoms with Crippen molar-refractivity contribution in [3.63, 3.8) is 0 Å². The van der Waals surface area contributed by atoms with Gasteiger partial charge in [0.15, 0.2) is 0 Å². The molecule has 2 nitrogen and oxygen atoms in total. The number of allylic oxidation sites excluding steroid dienone is 4. The summed E-state index contributed by atoms with van der Waals surface area (Å²) in [6, 6.07) is 0. The van der Waals surface area contributed by atoms with Gasteiger partial charge in [-0.2, -0.15) is 0 Å². The molecule has 0 saturated carbocycles. The van der Waals surface area contributed by atoms with E-state index >= 15 is 0 Å². The highest BCUT2D eigenvalue weighted by Crippen LogP contribution is 2.15. The Kier molecular flexibility index (Phi) is 1.82. The SMILES string of the molecule is Cc1cncn1C1=CCCC=C1. The summed E-state index contributed by atoms with van der Waals surface area (Å²) in [7, 11) is 0. The molecule has 0 amide bonds. The van der Waals surface area contributed by atoms with Crippen LogP contribution in [0.4, 0.5) is 0 Å². The van der Waals surface area contributed by atoms with E-state index < -0.39 is 0 Å². The summed E-state index contributed by atoms with van der Waals surface area (Å²) < 4.78 is 2.11. The molecule has 0 bridgehead atoms. The van der Waals surface area contributed by atoms with Gasteiger partial charge in [0.05, 0.1) is 6.33 Å². The molecule has 1 aliphatic rings. The Hall–Kier alpha value is -1.31. The molecule has 62 valence electrons. The lowest BCUT2D eigenvalue weighted by molar-refractivity contribution is 0.977. The molecule has 0 N–H and O–H groups in total. The van der Waals surface area contributed by atoms with Gasteiger partial charge in [-0.25, -0.2) is 4.98 Å². The molecule has 12 heavy (non-hydrogen) atoms. The van der Waals surface area contributed by atoms with Gasteiger partial charge in [0.1, 0.15) is 0 Å². The van der Waals surface area contributed by atoms with E-state index in [0.29, 0.717) is 0 Å². The van der Waals surface area contributed by atoms with Crippen LogP contribution in [0.25, 0.3) is 5.70 Å². The van der Waals surface area contributed by atoms with Crippen molar-refractivity contribution in [2.24, 2.45) is 0 Å². The van der Waals surface area contributed by atoms with Gasteiger partial charge < -0.3 is 4.57 Å². The van der Waals surface area contributed by atoms with E-state index in [1.807, 2.05) is 12.5 Å². The zero-order chi connectivity index (χ0) is 8.39. The third-order valence-electron chi connectivity index (χ3n) is 2.08. The maximum absolute atomic E-state index is 4.09. The second-order valence-electron chi connectivity index (χ2n) is 3.01. The third kappa shape index (κ3) is 1.20. The zero-order valence-corrected chi connectivity index (χ0v) is 7.20. The normalized spacial score (nSPS) is 16.2. The van der Waals surface area contributed by atoms with Gasteiger partial charge in [-0.15, -0.1) is 0 Å². The van der Waals surface area contributed by atoms with Crippen molar-refractivity contribution >= 4 is 5.70 Å². The van der Waals surface area contributed by atoms with Crippen LogP contribution >= 0.6 is 0 Å². The lowest BCUT2D eigenvalue weighted by Crippen LogP contribution is -1.97. The van der Waals surface area contributed by atoms with Gasteiger partial charge in [-0.1, -0.05) is 12.2 Å². The number of aromatic nitrogens is 2. The fourth-order valence-corrected chi connectivity index (χ4v) is 1.41. The molecular formula is C10H12N2. The number of nitrogens with zero attached hydrogens (tertiary/aromatic N) is 2. The van der Waals surface area contributed by atoms with Crippen LogP contribution in [-0.4, -0.2) is 9.55 Å². The lowest BCUT2D eigenvalue weighted by Gasteiger charge is -2.08. The van der Waals surface area contributed by atoms with Crippen molar-refractivity contribution in [1.29, 1.82) is 0 Å². The van der Waals surface area contributed by atoms with E-state index in [0.717, 1.165) is 12.8 Å². The molecule has 0 saturated heterocycles. The van der Waals surface area contributed by atoms with Gasteiger partial charge in [-0.05, 0) is 25.8 Å². The molecule has 1 aromatic heterocycles. The Morgan fingerprint density at radius 2 is 2.33 bits per heavy atom. The predicted molar refractivity (Wildman–Crippen MR) is 49.6 cm³/mol. The number of aryl methyl sites for hydroxylation is 1. The average molecular weight is 160 g/mol. The van der Waals surface area contributed by atoms with E-state index in [1.165, 1.54) is 11.4 Å². The zero-order valence-electron chi connectivity index (χ0n) is 7.20. The van der Waals surface area contributed by atoms with Crippen molar-refractivity contribution in [2.45, 2.75) is 19.8 Å². The minimum atomic E-state index is 1.14. The number of hydrogen-bond donors (Lipinski definition) is 0. The smallest absolute Gasteiger partial charge is 0.0993 e. The largest absolute Gasteiger partial charge is 0.304 e. The highest BCUT2D eigenvalue weighted by atomic mass is 15.0. The summed E-state index contributed by atoms with van der Waals surface area (Å²) in [4.78, 5) is 4.09. The fraction of sp³-hybridized carbons (Fsp3) is 0.300. The van der Waals surface area contributed by atoms with Crippen LogP contribution in [0, 0.1) is 6.92 Å². The minimum absolute atomic E-state index is 1.14. The first-order chi connectivity index (χ1) is 5.88. The van der Waals surface area contributed by atoms with Crippen LogP contribution in [0.2, 0.25) is 0 Å². The first kappa shape index (κ1) is 7.35. The summed E-state index contributed by atoms with van der Waals surface area (Å²) in [5.74, 6) is 0. The highest BCUT2D eigenvalue weighted by molar-refractivity contribution is 5.58. The number of rotatable bonds is 1. The molecule has 1 heterocycles. The van der Waals surface area contributed by atoms with Gasteiger partial charge in [0.25, 0.3) is 0 Å². The van der Waals surface area contributed by atoms with E-state index in [4.69, 9.17) is 0 Å². The summed E-state index contributed by atoms with van der Waals surface area (Å²) >= 11 is 0. The number of hydrogen-bond acceptors (Lipinski definition) is 1. The van der Waals surface area contributed by atoms with Gasteiger partial charge >= 0.3 is 0 Å². The standard InChI is InChI=1S/C10H12N2/c1-9-7-11-8-12(9)10-5-3-2-4-6-10/h3,5-8H,2,4H2,1H3. The molecule has 1 aromatic rings. The van der Waals surface area contributed by atoms with Crippen molar-refractivity contribution in [2.75, 3.05) is 0 Å². The topological polar surface area (TPSA) is 17.8 Å². The second-order valence-corrected chi connectivity index (χ2v) is 3.01. The van der Waals surface area contributed by atoms with Crippen LogP contribution in [0.1, 0.15) is 18.5 Å². The molecule has 0 fully saturated rings. The maximum Gasteiger partial charge on any atom is 0.0993 e. The summed E-state index contributed by atoms with van der Waals surface area (Å²) in [6.07, 6.45) is 12.6. The molecule has 2 heteroatoms. The van der Waals surface area contributed by atoms with E-state index in [9.17, 15) is 0 Å². The Morgan fingerprint density at radius 1 is 1.42 bits per heavy atom. The van der Waals surface area contributed by atoms with Crippen LogP contribution < -0.4 is 0 Å². The Morgan fingerprint density at radius 3 is 2.92 bits per heavy atom. The van der Waals surface area contributed by atoms with Crippen molar-refractivity contribution < 1.29 is 0 Å². The second kappa shape index (κ2) is 2.97. The van der Waals surface area contributed by atoms with Crippen molar-refractivity contribution in [3.8, 4) is 0 Å². The molecule has 0 spiro atoms. The van der Waals surface area contributed by atoms with Crippen LogP contribution in [0.5, 0.6) is 0 Å². The van der Waals surface area contributed by atoms with Gasteiger partial charge in [-0.3, -0.25) is 0 Å².